The molecule has 2 N–H and O–H groups in total. The summed E-state index contributed by atoms with van der Waals surface area (Å²) in [6.07, 6.45) is 1.03. The second kappa shape index (κ2) is 7.28. The van der Waals surface area contributed by atoms with Gasteiger partial charge in [-0.1, -0.05) is 55.4 Å². The van der Waals surface area contributed by atoms with Crippen molar-refractivity contribution in [2.24, 2.45) is 16.2 Å². The van der Waals surface area contributed by atoms with Crippen molar-refractivity contribution >= 4 is 11.8 Å². The van der Waals surface area contributed by atoms with Gasteiger partial charge in [-0.3, -0.25) is 9.59 Å². The molecule has 21 heavy (non-hydrogen) atoms. The van der Waals surface area contributed by atoms with Crippen molar-refractivity contribution in [2.45, 2.75) is 68.2 Å². The minimum atomic E-state index is -0.152. The first-order chi connectivity index (χ1) is 9.20. The number of carbonyl (C=O) groups is 2. The zero-order valence-corrected chi connectivity index (χ0v) is 15.1. The van der Waals surface area contributed by atoms with Crippen LogP contribution in [0.15, 0.2) is 0 Å². The number of amides is 2. The van der Waals surface area contributed by atoms with Crippen LogP contribution in [0, 0.1) is 16.2 Å². The van der Waals surface area contributed by atoms with E-state index in [1.165, 1.54) is 0 Å². The molecule has 0 rings (SSSR count). The van der Waals surface area contributed by atoms with Crippen LogP contribution in [-0.4, -0.2) is 24.9 Å². The van der Waals surface area contributed by atoms with Crippen molar-refractivity contribution in [1.29, 1.82) is 0 Å². The molecule has 4 heteroatoms. The molecule has 0 spiro atoms. The number of hydrogen-bond acceptors (Lipinski definition) is 2. The average molecular weight is 298 g/mol. The zero-order chi connectivity index (χ0) is 16.9. The minimum absolute atomic E-state index is 0.00481. The lowest BCUT2D eigenvalue weighted by atomic mass is 9.89. The molecule has 0 aromatic rings. The Bertz CT molecular complexity index is 326. The molecule has 0 aliphatic heterocycles. The second-order valence-electron chi connectivity index (χ2n) is 9.19. The van der Waals surface area contributed by atoms with Crippen LogP contribution < -0.4 is 10.6 Å². The van der Waals surface area contributed by atoms with Gasteiger partial charge in [0.15, 0.2) is 0 Å². The molecule has 0 bridgehead atoms. The summed E-state index contributed by atoms with van der Waals surface area (Å²) in [5, 5.41) is 5.92. The van der Waals surface area contributed by atoms with Crippen molar-refractivity contribution in [3.8, 4) is 0 Å². The standard InChI is InChI=1S/C17H34N2O2/c1-15(2,3)9-13(20)18-11-17(7,8)12-19-14(21)10-16(4,5)6/h9-12H2,1-8H3,(H,18,20)(H,19,21). The molecule has 0 heterocycles. The Morgan fingerprint density at radius 3 is 1.19 bits per heavy atom. The van der Waals surface area contributed by atoms with E-state index in [0.717, 1.165) is 0 Å². The van der Waals surface area contributed by atoms with Crippen LogP contribution in [-0.2, 0) is 9.59 Å². The van der Waals surface area contributed by atoms with E-state index in [9.17, 15) is 9.59 Å². The van der Waals surface area contributed by atoms with Crippen LogP contribution in [0.5, 0.6) is 0 Å². The van der Waals surface area contributed by atoms with Crippen molar-refractivity contribution < 1.29 is 9.59 Å². The van der Waals surface area contributed by atoms with Crippen LogP contribution in [0.4, 0.5) is 0 Å². The molecule has 0 aliphatic rings. The van der Waals surface area contributed by atoms with Crippen LogP contribution in [0.2, 0.25) is 0 Å². The highest BCUT2D eigenvalue weighted by Crippen LogP contribution is 2.20. The third-order valence-electron chi connectivity index (χ3n) is 2.91. The van der Waals surface area contributed by atoms with E-state index in [4.69, 9.17) is 0 Å². The summed E-state index contributed by atoms with van der Waals surface area (Å²) < 4.78 is 0. The fourth-order valence-corrected chi connectivity index (χ4v) is 1.83. The number of nitrogens with one attached hydrogen (secondary N) is 2. The third-order valence-corrected chi connectivity index (χ3v) is 2.91. The molecule has 0 unspecified atom stereocenters. The molecule has 0 aromatic carbocycles. The van der Waals surface area contributed by atoms with Crippen molar-refractivity contribution in [1.82, 2.24) is 10.6 Å². The highest BCUT2D eigenvalue weighted by Gasteiger charge is 2.23. The van der Waals surface area contributed by atoms with Crippen molar-refractivity contribution in [2.75, 3.05) is 13.1 Å². The van der Waals surface area contributed by atoms with E-state index in [2.05, 4.69) is 10.6 Å². The maximum absolute atomic E-state index is 11.8. The molecule has 0 atom stereocenters. The first kappa shape index (κ1) is 19.9. The summed E-state index contributed by atoms with van der Waals surface area (Å²) in [4.78, 5) is 23.7. The lowest BCUT2D eigenvalue weighted by Gasteiger charge is -2.27. The lowest BCUT2D eigenvalue weighted by Crippen LogP contribution is -2.43. The van der Waals surface area contributed by atoms with Gasteiger partial charge in [-0.15, -0.1) is 0 Å². The Hall–Kier alpha value is -1.06. The minimum Gasteiger partial charge on any atom is -0.355 e. The molecule has 0 aromatic heterocycles. The fraction of sp³-hybridized carbons (Fsp3) is 0.882. The van der Waals surface area contributed by atoms with Crippen molar-refractivity contribution in [3.05, 3.63) is 0 Å². The molecule has 0 radical (unpaired) electrons. The van der Waals surface area contributed by atoms with E-state index in [0.29, 0.717) is 25.9 Å². The average Bonchev–Trinajstić information content (AvgIpc) is 2.19. The predicted molar refractivity (Wildman–Crippen MR) is 87.9 cm³/mol. The van der Waals surface area contributed by atoms with Crippen LogP contribution in [0.25, 0.3) is 0 Å². The molecular weight excluding hydrogens is 264 g/mol. The first-order valence-electron chi connectivity index (χ1n) is 7.74. The SMILES string of the molecule is CC(C)(C)CC(=O)NCC(C)(C)CNC(=O)CC(C)(C)C. The Balaban J connectivity index is 4.15. The van der Waals surface area contributed by atoms with Crippen LogP contribution in [0.3, 0.4) is 0 Å². The lowest BCUT2D eigenvalue weighted by molar-refractivity contribution is -0.123. The number of hydrogen-bond donors (Lipinski definition) is 2. The summed E-state index contributed by atoms with van der Waals surface area (Å²) in [6, 6.07) is 0. The summed E-state index contributed by atoms with van der Waals surface area (Å²) in [5.74, 6) is 0.133. The highest BCUT2D eigenvalue weighted by molar-refractivity contribution is 5.77. The van der Waals surface area contributed by atoms with Gasteiger partial charge in [-0.05, 0) is 16.2 Å². The maximum atomic E-state index is 11.8. The number of carbonyl (C=O) groups excluding carboxylic acids is 2. The predicted octanol–water partition coefficient (Wildman–Crippen LogP) is 3.12. The zero-order valence-electron chi connectivity index (χ0n) is 15.1. The molecule has 124 valence electrons. The normalized spacial score (nSPS) is 13.0. The van der Waals surface area contributed by atoms with Gasteiger partial charge in [0.2, 0.25) is 11.8 Å². The van der Waals surface area contributed by atoms with E-state index < -0.39 is 0 Å². The van der Waals surface area contributed by atoms with Gasteiger partial charge >= 0.3 is 0 Å². The summed E-state index contributed by atoms with van der Waals surface area (Å²) in [6.45, 7) is 17.5. The Kier molecular flexibility index (Phi) is 6.91. The van der Waals surface area contributed by atoms with Gasteiger partial charge < -0.3 is 10.6 Å². The first-order valence-corrected chi connectivity index (χ1v) is 7.74. The third kappa shape index (κ3) is 12.4. The van der Waals surface area contributed by atoms with Gasteiger partial charge in [0.05, 0.1) is 0 Å². The smallest absolute Gasteiger partial charge is 0.220 e. The monoisotopic (exact) mass is 298 g/mol. The summed E-state index contributed by atoms with van der Waals surface area (Å²) in [7, 11) is 0. The summed E-state index contributed by atoms with van der Waals surface area (Å²) in [5.41, 5.74) is -0.161. The van der Waals surface area contributed by atoms with Crippen LogP contribution >= 0.6 is 0 Å². The number of rotatable bonds is 6. The summed E-state index contributed by atoms with van der Waals surface area (Å²) >= 11 is 0. The molecule has 0 fully saturated rings. The second-order valence-corrected chi connectivity index (χ2v) is 9.19. The quantitative estimate of drug-likeness (QED) is 0.791. The molecule has 4 nitrogen and oxygen atoms in total. The Morgan fingerprint density at radius 2 is 0.952 bits per heavy atom. The van der Waals surface area contributed by atoms with Crippen LogP contribution in [0.1, 0.15) is 68.2 Å². The molecule has 0 aliphatic carbocycles. The van der Waals surface area contributed by atoms with Gasteiger partial charge in [-0.2, -0.15) is 0 Å². The molecular formula is C17H34N2O2. The van der Waals surface area contributed by atoms with Crippen molar-refractivity contribution in [3.63, 3.8) is 0 Å². The van der Waals surface area contributed by atoms with Gasteiger partial charge in [0.25, 0.3) is 0 Å². The maximum Gasteiger partial charge on any atom is 0.220 e. The largest absolute Gasteiger partial charge is 0.355 e. The molecule has 0 saturated heterocycles. The Morgan fingerprint density at radius 1 is 0.667 bits per heavy atom. The van der Waals surface area contributed by atoms with E-state index >= 15 is 0 Å². The van der Waals surface area contributed by atoms with E-state index in [1.807, 2.05) is 55.4 Å². The van der Waals surface area contributed by atoms with E-state index in [-0.39, 0.29) is 28.1 Å². The molecule has 0 saturated carbocycles. The fourth-order valence-electron chi connectivity index (χ4n) is 1.83. The van der Waals surface area contributed by atoms with Gasteiger partial charge in [0, 0.05) is 25.9 Å². The molecule has 2 amide bonds. The van der Waals surface area contributed by atoms with Gasteiger partial charge in [-0.25, -0.2) is 0 Å². The van der Waals surface area contributed by atoms with Gasteiger partial charge in [0.1, 0.15) is 0 Å². The Labute approximate surface area is 130 Å². The highest BCUT2D eigenvalue weighted by atomic mass is 16.2. The topological polar surface area (TPSA) is 58.2 Å². The van der Waals surface area contributed by atoms with E-state index in [1.54, 1.807) is 0 Å².